The zero-order valence-electron chi connectivity index (χ0n) is 18.7. The van der Waals surface area contributed by atoms with Crippen molar-refractivity contribution in [3.8, 4) is 17.1 Å². The molecule has 184 valence electrons. The first-order valence-corrected chi connectivity index (χ1v) is 11.9. The fraction of sp³-hybridized carbons (Fsp3) is 0.400. The summed E-state index contributed by atoms with van der Waals surface area (Å²) < 4.78 is 33.8. The number of piperazine rings is 1. The molecule has 0 radical (unpaired) electrons. The Morgan fingerprint density at radius 1 is 1.21 bits per heavy atom. The van der Waals surface area contributed by atoms with Gasteiger partial charge >= 0.3 is 0 Å². The van der Waals surface area contributed by atoms with Gasteiger partial charge in [0.2, 0.25) is 10.0 Å². The SMILES string of the molecule is CCCOc1ccc(S(=O)(=O)N2CCN(C)CC2)cc1-c1nc2c(C(N)=O)[nH]nc2c(=O)[nH]1.Cl. The number of carbonyl (C=O) groups is 1. The van der Waals surface area contributed by atoms with Gasteiger partial charge in [0, 0.05) is 26.2 Å². The summed E-state index contributed by atoms with van der Waals surface area (Å²) in [5.41, 5.74) is 4.83. The summed E-state index contributed by atoms with van der Waals surface area (Å²) >= 11 is 0. The summed E-state index contributed by atoms with van der Waals surface area (Å²) in [6.07, 6.45) is 0.720. The number of nitrogens with two attached hydrogens (primary N) is 1. The topological polar surface area (TPSA) is 167 Å². The molecule has 34 heavy (non-hydrogen) atoms. The second-order valence-corrected chi connectivity index (χ2v) is 9.73. The number of aromatic amines is 2. The summed E-state index contributed by atoms with van der Waals surface area (Å²) in [6, 6.07) is 4.45. The third-order valence-electron chi connectivity index (χ3n) is 5.43. The van der Waals surface area contributed by atoms with Gasteiger partial charge in [-0.25, -0.2) is 13.4 Å². The van der Waals surface area contributed by atoms with Gasteiger partial charge in [-0.2, -0.15) is 9.40 Å². The van der Waals surface area contributed by atoms with E-state index in [9.17, 15) is 18.0 Å². The zero-order chi connectivity index (χ0) is 23.8. The van der Waals surface area contributed by atoms with E-state index in [4.69, 9.17) is 10.5 Å². The van der Waals surface area contributed by atoms with Crippen molar-refractivity contribution in [2.75, 3.05) is 39.8 Å². The predicted octanol–water partition coefficient (Wildman–Crippen LogP) is 0.559. The van der Waals surface area contributed by atoms with Crippen LogP contribution in [0.3, 0.4) is 0 Å². The van der Waals surface area contributed by atoms with Crippen molar-refractivity contribution < 1.29 is 17.9 Å². The van der Waals surface area contributed by atoms with Crippen LogP contribution in [-0.2, 0) is 10.0 Å². The summed E-state index contributed by atoms with van der Waals surface area (Å²) in [4.78, 5) is 33.4. The molecule has 1 fully saturated rings. The molecule has 4 N–H and O–H groups in total. The molecule has 0 atom stereocenters. The van der Waals surface area contributed by atoms with Gasteiger partial charge in [-0.3, -0.25) is 14.7 Å². The van der Waals surface area contributed by atoms with E-state index in [1.54, 1.807) is 6.07 Å². The highest BCUT2D eigenvalue weighted by Gasteiger charge is 2.29. The third-order valence-corrected chi connectivity index (χ3v) is 7.32. The van der Waals surface area contributed by atoms with Gasteiger partial charge in [0.25, 0.3) is 11.5 Å². The normalized spacial score (nSPS) is 15.2. The number of hydrogen-bond donors (Lipinski definition) is 3. The van der Waals surface area contributed by atoms with Crippen LogP contribution in [0, 0.1) is 0 Å². The van der Waals surface area contributed by atoms with Crippen LogP contribution in [-0.4, -0.2) is 83.5 Å². The largest absolute Gasteiger partial charge is 0.493 e. The summed E-state index contributed by atoms with van der Waals surface area (Å²) in [7, 11) is -1.84. The minimum absolute atomic E-state index is 0. The first-order chi connectivity index (χ1) is 15.7. The molecule has 12 nitrogen and oxygen atoms in total. The molecule has 0 saturated carbocycles. The first-order valence-electron chi connectivity index (χ1n) is 10.5. The second kappa shape index (κ2) is 10.1. The Bertz CT molecular complexity index is 1360. The van der Waals surface area contributed by atoms with Gasteiger partial charge < -0.3 is 20.4 Å². The zero-order valence-corrected chi connectivity index (χ0v) is 20.3. The van der Waals surface area contributed by atoms with Crippen LogP contribution in [0.15, 0.2) is 27.9 Å². The van der Waals surface area contributed by atoms with E-state index in [0.717, 1.165) is 6.42 Å². The van der Waals surface area contributed by atoms with Crippen molar-refractivity contribution in [1.82, 2.24) is 29.4 Å². The van der Waals surface area contributed by atoms with Crippen LogP contribution < -0.4 is 16.0 Å². The lowest BCUT2D eigenvalue weighted by Crippen LogP contribution is -2.47. The second-order valence-electron chi connectivity index (χ2n) is 7.79. The average Bonchev–Trinajstić information content (AvgIpc) is 3.23. The first kappa shape index (κ1) is 25.6. The van der Waals surface area contributed by atoms with Crippen molar-refractivity contribution in [3.63, 3.8) is 0 Å². The quantitative estimate of drug-likeness (QED) is 0.413. The molecule has 0 bridgehead atoms. The molecule has 2 aromatic heterocycles. The van der Waals surface area contributed by atoms with Crippen molar-refractivity contribution in [1.29, 1.82) is 0 Å². The molecule has 1 amide bonds. The Morgan fingerprint density at radius 3 is 2.56 bits per heavy atom. The van der Waals surface area contributed by atoms with E-state index in [1.807, 2.05) is 14.0 Å². The highest BCUT2D eigenvalue weighted by Crippen LogP contribution is 2.32. The Hall–Kier alpha value is -3.00. The molecular formula is C20H26ClN7O5S. The maximum Gasteiger partial charge on any atom is 0.279 e. The number of nitrogens with zero attached hydrogens (tertiary/aromatic N) is 4. The molecule has 0 aliphatic carbocycles. The Labute approximate surface area is 201 Å². The Balaban J connectivity index is 0.00000324. The monoisotopic (exact) mass is 511 g/mol. The molecule has 1 aliphatic rings. The minimum Gasteiger partial charge on any atom is -0.493 e. The molecule has 3 aromatic rings. The average molecular weight is 512 g/mol. The van der Waals surface area contributed by atoms with Crippen LogP contribution in [0.1, 0.15) is 23.8 Å². The van der Waals surface area contributed by atoms with Crippen molar-refractivity contribution >= 4 is 39.4 Å². The Morgan fingerprint density at radius 2 is 1.91 bits per heavy atom. The smallest absolute Gasteiger partial charge is 0.279 e. The van der Waals surface area contributed by atoms with Gasteiger partial charge in [-0.1, -0.05) is 6.92 Å². The van der Waals surface area contributed by atoms with E-state index in [1.165, 1.54) is 16.4 Å². The molecule has 1 aromatic carbocycles. The number of H-pyrrole nitrogens is 2. The van der Waals surface area contributed by atoms with Crippen LogP contribution >= 0.6 is 12.4 Å². The van der Waals surface area contributed by atoms with E-state index in [2.05, 4.69) is 25.1 Å². The predicted molar refractivity (Wildman–Crippen MR) is 128 cm³/mol. The number of carbonyl (C=O) groups excluding carboxylic acids is 1. The van der Waals surface area contributed by atoms with Crippen molar-refractivity contribution in [3.05, 3.63) is 34.2 Å². The lowest BCUT2D eigenvalue weighted by atomic mass is 10.1. The standard InChI is InChI=1S/C20H25N7O5S.ClH/c1-3-10-32-14-5-4-12(33(30,31)27-8-6-26(2)7-9-27)11-13(14)19-22-15-16(18(21)28)24-25-17(15)20(29)23-19;/h4-5,11H,3,6-10H2,1-2H3,(H2,21,28)(H,24,25)(H,22,23,29);1H. The van der Waals surface area contributed by atoms with Gasteiger partial charge in [-0.15, -0.1) is 12.4 Å². The van der Waals surface area contributed by atoms with Gasteiger partial charge in [0.1, 0.15) is 22.8 Å². The lowest BCUT2D eigenvalue weighted by molar-refractivity contribution is 0.0997. The summed E-state index contributed by atoms with van der Waals surface area (Å²) in [6.45, 7) is 4.32. The number of amides is 1. The van der Waals surface area contributed by atoms with Gasteiger partial charge in [0.05, 0.1) is 17.1 Å². The van der Waals surface area contributed by atoms with Gasteiger partial charge in [-0.05, 0) is 31.7 Å². The summed E-state index contributed by atoms with van der Waals surface area (Å²) in [5.74, 6) is -0.436. The molecule has 1 aliphatic heterocycles. The number of primary amides is 1. The highest BCUT2D eigenvalue weighted by molar-refractivity contribution is 7.89. The van der Waals surface area contributed by atoms with Gasteiger partial charge in [0.15, 0.2) is 5.52 Å². The third kappa shape index (κ3) is 4.78. The number of benzene rings is 1. The maximum atomic E-state index is 13.3. The molecule has 4 rings (SSSR count). The van der Waals surface area contributed by atoms with Crippen LogP contribution in [0.25, 0.3) is 22.4 Å². The maximum absolute atomic E-state index is 13.3. The highest BCUT2D eigenvalue weighted by atomic mass is 35.5. The van der Waals surface area contributed by atoms with Crippen LogP contribution in [0.2, 0.25) is 0 Å². The van der Waals surface area contributed by atoms with E-state index in [-0.39, 0.29) is 45.4 Å². The van der Waals surface area contributed by atoms with Crippen LogP contribution in [0.4, 0.5) is 0 Å². The molecule has 0 unspecified atom stereocenters. The van der Waals surface area contributed by atoms with E-state index >= 15 is 0 Å². The molecule has 14 heteroatoms. The number of ether oxygens (including phenoxy) is 1. The molecule has 3 heterocycles. The van der Waals surface area contributed by atoms with Crippen molar-refractivity contribution in [2.45, 2.75) is 18.2 Å². The number of hydrogen-bond acceptors (Lipinski definition) is 8. The number of fused-ring (bicyclic) bond motifs is 1. The number of sulfonamides is 1. The number of nitrogens with one attached hydrogen (secondary N) is 2. The molecule has 0 spiro atoms. The van der Waals surface area contributed by atoms with Crippen molar-refractivity contribution in [2.24, 2.45) is 5.73 Å². The Kier molecular flexibility index (Phi) is 7.60. The fourth-order valence-electron chi connectivity index (χ4n) is 3.58. The van der Waals surface area contributed by atoms with E-state index < -0.39 is 21.5 Å². The number of halogens is 1. The summed E-state index contributed by atoms with van der Waals surface area (Å²) in [5, 5.41) is 6.22. The lowest BCUT2D eigenvalue weighted by Gasteiger charge is -2.31. The minimum atomic E-state index is -3.78. The van der Waals surface area contributed by atoms with E-state index in [0.29, 0.717) is 38.5 Å². The molecular weight excluding hydrogens is 486 g/mol. The fourth-order valence-corrected chi connectivity index (χ4v) is 5.03. The number of aromatic nitrogens is 4. The molecule has 1 saturated heterocycles. The number of rotatable bonds is 7. The number of likely N-dealkylation sites (N-methyl/N-ethyl adjacent to an activating group) is 1. The van der Waals surface area contributed by atoms with Crippen LogP contribution in [0.5, 0.6) is 5.75 Å².